The lowest BCUT2D eigenvalue weighted by Crippen LogP contribution is -2.60. The minimum absolute atomic E-state index is 0.195. The van der Waals surface area contributed by atoms with E-state index in [1.165, 1.54) is 161 Å². The highest BCUT2D eigenvalue weighted by atomic mass is 16.7. The van der Waals surface area contributed by atoms with Crippen molar-refractivity contribution in [1.29, 1.82) is 0 Å². The molecule has 1 aliphatic heterocycles. The van der Waals surface area contributed by atoms with E-state index in [0.29, 0.717) is 6.42 Å². The van der Waals surface area contributed by atoms with Gasteiger partial charge in [-0.25, -0.2) is 0 Å². The highest BCUT2D eigenvalue weighted by Gasteiger charge is 2.44. The molecule has 1 fully saturated rings. The molecule has 9 heteroatoms. The van der Waals surface area contributed by atoms with Gasteiger partial charge in [0.15, 0.2) is 6.29 Å². The number of aliphatic hydroxyl groups excluding tert-OH is 5. The Hall–Kier alpha value is -2.11. The van der Waals surface area contributed by atoms with Crippen molar-refractivity contribution in [2.45, 2.75) is 288 Å². The molecule has 1 rings (SSSR count). The first-order valence-electron chi connectivity index (χ1n) is 28.0. The topological polar surface area (TPSA) is 149 Å². The Morgan fingerprint density at radius 2 is 0.896 bits per heavy atom. The summed E-state index contributed by atoms with van der Waals surface area (Å²) in [7, 11) is 0. The normalized spacial score (nSPS) is 20.1. The van der Waals surface area contributed by atoms with E-state index >= 15 is 0 Å². The quantitative estimate of drug-likeness (QED) is 0.0261. The molecule has 7 unspecified atom stereocenters. The van der Waals surface area contributed by atoms with Crippen molar-refractivity contribution in [2.75, 3.05) is 13.2 Å². The zero-order chi connectivity index (χ0) is 48.7. The van der Waals surface area contributed by atoms with Gasteiger partial charge in [-0.1, -0.05) is 222 Å². The van der Waals surface area contributed by atoms with Crippen LogP contribution in [0, 0.1) is 0 Å². The number of ether oxygens (including phenoxy) is 2. The van der Waals surface area contributed by atoms with Crippen molar-refractivity contribution in [3.8, 4) is 0 Å². The number of aliphatic hydroxyl groups is 5. The molecule has 0 spiro atoms. The highest BCUT2D eigenvalue weighted by Crippen LogP contribution is 2.23. The van der Waals surface area contributed by atoms with Gasteiger partial charge in [0.25, 0.3) is 0 Å². The average Bonchev–Trinajstić information content (AvgIpc) is 3.33. The zero-order valence-corrected chi connectivity index (χ0v) is 43.1. The van der Waals surface area contributed by atoms with E-state index in [0.717, 1.165) is 64.2 Å². The van der Waals surface area contributed by atoms with Crippen molar-refractivity contribution in [1.82, 2.24) is 5.32 Å². The Morgan fingerprint density at radius 3 is 1.34 bits per heavy atom. The summed E-state index contributed by atoms with van der Waals surface area (Å²) < 4.78 is 11.2. The van der Waals surface area contributed by atoms with Crippen molar-refractivity contribution >= 4 is 5.91 Å². The summed E-state index contributed by atoms with van der Waals surface area (Å²) in [5.74, 6) is -0.195. The molecule has 0 aliphatic carbocycles. The van der Waals surface area contributed by atoms with Crippen molar-refractivity contribution < 1.29 is 39.8 Å². The minimum Gasteiger partial charge on any atom is -0.394 e. The average molecular weight is 944 g/mol. The van der Waals surface area contributed by atoms with E-state index < -0.39 is 49.5 Å². The first-order valence-corrected chi connectivity index (χ1v) is 28.0. The van der Waals surface area contributed by atoms with Crippen LogP contribution in [0.3, 0.4) is 0 Å². The molecule has 6 N–H and O–H groups in total. The van der Waals surface area contributed by atoms with Crippen LogP contribution in [0.2, 0.25) is 0 Å². The van der Waals surface area contributed by atoms with Crippen LogP contribution in [0.5, 0.6) is 0 Å². The molecule has 390 valence electrons. The second kappa shape index (κ2) is 47.6. The first kappa shape index (κ1) is 62.9. The van der Waals surface area contributed by atoms with Crippen molar-refractivity contribution in [3.63, 3.8) is 0 Å². The SMILES string of the molecule is CCCCCCCCCCC/C=C\C/C=C\CCCCCCCCCCCC(=O)NC(COC1OC(CO)C(O)C(O)C1O)C(O)/C=C/CC/C=C/CC/C=C/CCCCCCCCCCC. The maximum Gasteiger partial charge on any atom is 0.220 e. The number of allylic oxidation sites excluding steroid dienone is 9. The van der Waals surface area contributed by atoms with Gasteiger partial charge >= 0.3 is 0 Å². The van der Waals surface area contributed by atoms with E-state index in [4.69, 9.17) is 9.47 Å². The van der Waals surface area contributed by atoms with Gasteiger partial charge in [-0.2, -0.15) is 0 Å². The number of hydrogen-bond donors (Lipinski definition) is 6. The fourth-order valence-electron chi connectivity index (χ4n) is 8.57. The molecule has 0 saturated carbocycles. The molecule has 0 aromatic heterocycles. The molecule has 67 heavy (non-hydrogen) atoms. The molecule has 0 bridgehead atoms. The zero-order valence-electron chi connectivity index (χ0n) is 43.1. The molecular weight excluding hydrogens is 839 g/mol. The molecule has 7 atom stereocenters. The van der Waals surface area contributed by atoms with Gasteiger partial charge in [0, 0.05) is 6.42 Å². The van der Waals surface area contributed by atoms with E-state index in [-0.39, 0.29) is 12.5 Å². The first-order chi connectivity index (χ1) is 32.8. The van der Waals surface area contributed by atoms with Crippen LogP contribution in [0.15, 0.2) is 60.8 Å². The third kappa shape index (κ3) is 37.4. The van der Waals surface area contributed by atoms with Gasteiger partial charge < -0.3 is 40.3 Å². The summed E-state index contributed by atoms with van der Waals surface area (Å²) in [6, 6.07) is -0.833. The smallest absolute Gasteiger partial charge is 0.220 e. The van der Waals surface area contributed by atoms with Gasteiger partial charge in [-0.15, -0.1) is 0 Å². The van der Waals surface area contributed by atoms with Gasteiger partial charge in [-0.3, -0.25) is 4.79 Å². The van der Waals surface area contributed by atoms with E-state index in [1.54, 1.807) is 6.08 Å². The highest BCUT2D eigenvalue weighted by molar-refractivity contribution is 5.76. The number of nitrogens with one attached hydrogen (secondary N) is 1. The number of amides is 1. The number of hydrogen-bond acceptors (Lipinski definition) is 8. The molecule has 9 nitrogen and oxygen atoms in total. The summed E-state index contributed by atoms with van der Waals surface area (Å²) >= 11 is 0. The molecule has 1 saturated heterocycles. The summed E-state index contributed by atoms with van der Waals surface area (Å²) in [6.07, 6.45) is 57.1. The van der Waals surface area contributed by atoms with E-state index in [1.807, 2.05) is 6.08 Å². The fourth-order valence-corrected chi connectivity index (χ4v) is 8.57. The second-order valence-corrected chi connectivity index (χ2v) is 19.4. The largest absolute Gasteiger partial charge is 0.394 e. The Labute approximate surface area is 411 Å². The molecule has 1 amide bonds. The van der Waals surface area contributed by atoms with Crippen LogP contribution in [0.4, 0.5) is 0 Å². The van der Waals surface area contributed by atoms with Gasteiger partial charge in [0.2, 0.25) is 5.91 Å². The molecule has 1 aliphatic rings. The number of rotatable bonds is 47. The lowest BCUT2D eigenvalue weighted by molar-refractivity contribution is -0.302. The number of carbonyl (C=O) groups is 1. The fraction of sp³-hybridized carbons (Fsp3) is 0.810. The summed E-state index contributed by atoms with van der Waals surface area (Å²) in [5, 5.41) is 54.4. The molecule has 0 aromatic rings. The maximum absolute atomic E-state index is 13.0. The Bertz CT molecular complexity index is 1230. The van der Waals surface area contributed by atoms with Crippen molar-refractivity contribution in [3.05, 3.63) is 60.8 Å². The Morgan fingerprint density at radius 1 is 0.507 bits per heavy atom. The van der Waals surface area contributed by atoms with Crippen LogP contribution in [0.1, 0.15) is 245 Å². The number of unbranched alkanes of at least 4 members (excludes halogenated alkanes) is 29. The second-order valence-electron chi connectivity index (χ2n) is 19.4. The maximum atomic E-state index is 13.0. The summed E-state index contributed by atoms with van der Waals surface area (Å²) in [5.41, 5.74) is 0. The predicted molar refractivity (Wildman–Crippen MR) is 281 cm³/mol. The molecule has 0 radical (unpaired) electrons. The van der Waals surface area contributed by atoms with Crippen LogP contribution in [-0.2, 0) is 14.3 Å². The van der Waals surface area contributed by atoms with Crippen molar-refractivity contribution in [2.24, 2.45) is 0 Å². The summed E-state index contributed by atoms with van der Waals surface area (Å²) in [4.78, 5) is 13.0. The predicted octanol–water partition coefficient (Wildman–Crippen LogP) is 13.5. The minimum atomic E-state index is -1.58. The van der Waals surface area contributed by atoms with Crippen LogP contribution < -0.4 is 5.32 Å². The molecular formula is C58H105NO8. The standard InChI is InChI=1S/C58H105NO8/c1-3-5-7-9-11-13-15-17-19-21-23-24-25-26-27-28-30-32-34-36-38-40-42-44-46-48-54(62)59-51(50-66-58-57(65)56(64)55(63)53(49-60)67-58)52(61)47-45-43-41-39-37-35-33-31-29-22-20-18-16-14-12-10-8-6-4-2/h23-24,26-27,29,31,37,39,45,47,51-53,55-58,60-61,63-65H,3-22,25,28,30,32-36,38,40-44,46,48-50H2,1-2H3,(H,59,62)/b24-23-,27-26-,31-29+,39-37+,47-45+. The molecule has 1 heterocycles. The van der Waals surface area contributed by atoms with Crippen LogP contribution >= 0.6 is 0 Å². The third-order valence-corrected chi connectivity index (χ3v) is 13.0. The van der Waals surface area contributed by atoms with Crippen LogP contribution in [0.25, 0.3) is 0 Å². The third-order valence-electron chi connectivity index (χ3n) is 13.0. The van der Waals surface area contributed by atoms with E-state index in [2.05, 4.69) is 67.8 Å². The van der Waals surface area contributed by atoms with Gasteiger partial charge in [0.05, 0.1) is 25.4 Å². The Kier molecular flexibility index (Phi) is 44.7. The lowest BCUT2D eigenvalue weighted by Gasteiger charge is -2.40. The lowest BCUT2D eigenvalue weighted by atomic mass is 9.99. The van der Waals surface area contributed by atoms with Gasteiger partial charge in [0.1, 0.15) is 24.4 Å². The Balaban J connectivity index is 2.28. The van der Waals surface area contributed by atoms with E-state index in [9.17, 15) is 30.3 Å². The number of carbonyl (C=O) groups excluding carboxylic acids is 1. The monoisotopic (exact) mass is 944 g/mol. The van der Waals surface area contributed by atoms with Crippen LogP contribution in [-0.4, -0.2) is 87.5 Å². The van der Waals surface area contributed by atoms with Gasteiger partial charge in [-0.05, 0) is 77.0 Å². The summed E-state index contributed by atoms with van der Waals surface area (Å²) in [6.45, 7) is 3.76. The molecule has 0 aromatic carbocycles.